The van der Waals surface area contributed by atoms with Gasteiger partial charge in [0.25, 0.3) is 10.0 Å². The first-order valence-corrected chi connectivity index (χ1v) is 17.3. The molecule has 0 saturated heterocycles. The van der Waals surface area contributed by atoms with E-state index in [9.17, 15) is 35.9 Å². The molecular weight excluding hydrogens is 584 g/mol. The first kappa shape index (κ1) is 32.5. The monoisotopic (exact) mass is 630 g/mol. The van der Waals surface area contributed by atoms with Gasteiger partial charge in [-0.05, 0) is 103 Å². The third-order valence-corrected chi connectivity index (χ3v) is 13.7. The number of benzene rings is 1. The molecule has 3 N–H and O–H groups in total. The van der Waals surface area contributed by atoms with E-state index in [0.29, 0.717) is 49.3 Å². The van der Waals surface area contributed by atoms with Crippen molar-refractivity contribution in [3.05, 3.63) is 29.8 Å². The van der Waals surface area contributed by atoms with Gasteiger partial charge in [0.1, 0.15) is 11.6 Å². The Morgan fingerprint density at radius 3 is 2.30 bits per heavy atom. The molecule has 4 fully saturated rings. The number of rotatable bonds is 7. The highest BCUT2D eigenvalue weighted by Gasteiger charge is 2.66. The van der Waals surface area contributed by atoms with Crippen LogP contribution < -0.4 is 10.0 Å². The van der Waals surface area contributed by atoms with Gasteiger partial charge in [0, 0.05) is 25.5 Å². The largest absolute Gasteiger partial charge is 0.393 e. The standard InChI is InChI=1S/C32H46F4N2O4S/c1-5-22-26-17-32(35,36)12-11-31(26,4)25-8-10-30(3)23(6-7-24(30)27(25)28(22)39)18(2)9-13-37-29(40)38-43(41,42)21-15-19(33)14-20(34)16-21/h14-16,18,22-28,39H,5-13,17H2,1-4H3,(H2,37,38,40)/t18-,22-,23-,24+,25+,26+,27+,28-,30-,31-/m1/s1. The number of halogens is 4. The van der Waals surface area contributed by atoms with E-state index in [1.165, 1.54) is 0 Å². The molecule has 0 unspecified atom stereocenters. The summed E-state index contributed by atoms with van der Waals surface area (Å²) < 4.78 is 82.8. The molecule has 6 nitrogen and oxygen atoms in total. The van der Waals surface area contributed by atoms with Crippen LogP contribution in [0.2, 0.25) is 0 Å². The maximum absolute atomic E-state index is 14.6. The number of aliphatic hydroxyl groups excluding tert-OH is 1. The second-order valence-corrected chi connectivity index (χ2v) is 16.2. The Morgan fingerprint density at radius 1 is 1.00 bits per heavy atom. The number of sulfonamides is 1. The summed E-state index contributed by atoms with van der Waals surface area (Å²) in [5.41, 5.74) is -0.207. The summed E-state index contributed by atoms with van der Waals surface area (Å²) in [5, 5.41) is 14.4. The third-order valence-electron chi connectivity index (χ3n) is 12.4. The average molecular weight is 631 g/mol. The number of hydrogen-bond donors (Lipinski definition) is 3. The summed E-state index contributed by atoms with van der Waals surface area (Å²) in [4.78, 5) is 11.7. The minimum Gasteiger partial charge on any atom is -0.393 e. The van der Waals surface area contributed by atoms with Crippen molar-refractivity contribution >= 4 is 16.1 Å². The van der Waals surface area contributed by atoms with Gasteiger partial charge in [-0.2, -0.15) is 0 Å². The fourth-order valence-electron chi connectivity index (χ4n) is 10.4. The predicted octanol–water partition coefficient (Wildman–Crippen LogP) is 6.88. The molecule has 10 atom stereocenters. The van der Waals surface area contributed by atoms with Crippen LogP contribution >= 0.6 is 0 Å². The van der Waals surface area contributed by atoms with Crippen molar-refractivity contribution in [1.29, 1.82) is 0 Å². The third kappa shape index (κ3) is 5.82. The van der Waals surface area contributed by atoms with Crippen LogP contribution in [0.4, 0.5) is 22.4 Å². The number of nitrogens with one attached hydrogen (secondary N) is 2. The minimum atomic E-state index is -4.45. The van der Waals surface area contributed by atoms with Crippen molar-refractivity contribution in [2.45, 2.75) is 102 Å². The lowest BCUT2D eigenvalue weighted by Crippen LogP contribution is -2.62. The molecule has 43 heavy (non-hydrogen) atoms. The molecule has 4 aliphatic rings. The SMILES string of the molecule is CC[C@H]1[C@@H](O)[C@@H]2[C@H](CC[C@]3(C)[C@@H]([C@H](C)CCNC(=O)NS(=O)(=O)c4cc(F)cc(F)c4)CC[C@@H]23)[C@@]2(C)CCC(F)(F)C[C@@H]12. The van der Waals surface area contributed by atoms with Crippen LogP contribution in [-0.4, -0.2) is 38.1 Å². The van der Waals surface area contributed by atoms with Gasteiger partial charge < -0.3 is 10.4 Å². The number of urea groups is 1. The van der Waals surface area contributed by atoms with E-state index in [1.54, 1.807) is 0 Å². The quantitative estimate of drug-likeness (QED) is 0.286. The fraction of sp³-hybridized carbons (Fsp3) is 0.781. The highest BCUT2D eigenvalue weighted by molar-refractivity contribution is 7.90. The second kappa shape index (κ2) is 11.5. The molecule has 11 heteroatoms. The van der Waals surface area contributed by atoms with Crippen LogP contribution in [0.25, 0.3) is 0 Å². The van der Waals surface area contributed by atoms with Crippen LogP contribution in [-0.2, 0) is 10.0 Å². The zero-order chi connectivity index (χ0) is 31.5. The lowest BCUT2D eigenvalue weighted by atomic mass is 9.41. The van der Waals surface area contributed by atoms with E-state index in [2.05, 4.69) is 26.1 Å². The van der Waals surface area contributed by atoms with Crippen molar-refractivity contribution in [2.24, 2.45) is 52.3 Å². The van der Waals surface area contributed by atoms with Gasteiger partial charge in [0.05, 0.1) is 11.0 Å². The molecule has 0 spiro atoms. The molecule has 0 bridgehead atoms. The molecule has 0 aromatic heterocycles. The molecule has 242 valence electrons. The average Bonchev–Trinajstić information content (AvgIpc) is 3.26. The summed E-state index contributed by atoms with van der Waals surface area (Å²) in [7, 11) is -4.45. The highest BCUT2D eigenvalue weighted by Crippen LogP contribution is 2.70. The van der Waals surface area contributed by atoms with Gasteiger partial charge in [0.15, 0.2) is 0 Å². The van der Waals surface area contributed by atoms with Gasteiger partial charge in [-0.3, -0.25) is 0 Å². The number of alkyl halides is 2. The summed E-state index contributed by atoms with van der Waals surface area (Å²) in [6, 6.07) is 0.863. The molecule has 1 aromatic rings. The molecule has 0 aliphatic heterocycles. The number of carbonyl (C=O) groups excluding carboxylic acids is 1. The Bertz CT molecular complexity index is 1310. The number of hydrogen-bond acceptors (Lipinski definition) is 4. The molecule has 4 saturated carbocycles. The minimum absolute atomic E-state index is 0.0191. The maximum atomic E-state index is 14.6. The van der Waals surface area contributed by atoms with Gasteiger partial charge in [0.2, 0.25) is 5.92 Å². The molecule has 0 radical (unpaired) electrons. The second-order valence-electron chi connectivity index (χ2n) is 14.5. The number of carbonyl (C=O) groups is 1. The Kier molecular flexibility index (Phi) is 8.68. The van der Waals surface area contributed by atoms with Crippen LogP contribution in [0, 0.1) is 63.9 Å². The number of amides is 2. The smallest absolute Gasteiger partial charge is 0.328 e. The van der Waals surface area contributed by atoms with Gasteiger partial charge in [-0.15, -0.1) is 0 Å². The van der Waals surface area contributed by atoms with E-state index < -0.39 is 44.6 Å². The van der Waals surface area contributed by atoms with E-state index in [-0.39, 0.29) is 59.8 Å². The van der Waals surface area contributed by atoms with E-state index in [0.717, 1.165) is 25.7 Å². The van der Waals surface area contributed by atoms with E-state index >= 15 is 0 Å². The molecule has 5 rings (SSSR count). The maximum Gasteiger partial charge on any atom is 0.328 e. The first-order valence-electron chi connectivity index (χ1n) is 15.8. The molecule has 0 heterocycles. The van der Waals surface area contributed by atoms with Crippen LogP contribution in [0.1, 0.15) is 85.5 Å². The fourth-order valence-corrected chi connectivity index (χ4v) is 11.3. The van der Waals surface area contributed by atoms with Crippen molar-refractivity contribution in [3.8, 4) is 0 Å². The summed E-state index contributed by atoms with van der Waals surface area (Å²) in [6.45, 7) is 8.93. The zero-order valence-corrected chi connectivity index (χ0v) is 26.3. The highest BCUT2D eigenvalue weighted by atomic mass is 32.2. The Morgan fingerprint density at radius 2 is 1.65 bits per heavy atom. The normalized spacial score (nSPS) is 39.2. The van der Waals surface area contributed by atoms with Crippen LogP contribution in [0.3, 0.4) is 0 Å². The van der Waals surface area contributed by atoms with Gasteiger partial charge in [-0.25, -0.2) is 35.5 Å². The molecule has 4 aliphatic carbocycles. The molecular formula is C32H46F4N2O4S. The molecule has 2 amide bonds. The summed E-state index contributed by atoms with van der Waals surface area (Å²) >= 11 is 0. The Labute approximate surface area is 252 Å². The van der Waals surface area contributed by atoms with Crippen LogP contribution in [0.15, 0.2) is 23.1 Å². The van der Waals surface area contributed by atoms with E-state index in [1.807, 2.05) is 11.6 Å². The van der Waals surface area contributed by atoms with E-state index in [4.69, 9.17) is 0 Å². The first-order chi connectivity index (χ1) is 20.0. The van der Waals surface area contributed by atoms with Gasteiger partial charge >= 0.3 is 6.03 Å². The number of fused-ring (bicyclic) bond motifs is 5. The Hall–Kier alpha value is -1.88. The topological polar surface area (TPSA) is 95.5 Å². The summed E-state index contributed by atoms with van der Waals surface area (Å²) in [6.07, 6.45) is 4.91. The van der Waals surface area contributed by atoms with Crippen molar-refractivity contribution in [2.75, 3.05) is 6.54 Å². The molecule has 1 aromatic carbocycles. The van der Waals surface area contributed by atoms with Crippen LogP contribution in [0.5, 0.6) is 0 Å². The van der Waals surface area contributed by atoms with Crippen molar-refractivity contribution in [1.82, 2.24) is 10.0 Å². The zero-order valence-electron chi connectivity index (χ0n) is 25.5. The number of aliphatic hydroxyl groups is 1. The lowest BCUT2D eigenvalue weighted by molar-refractivity contribution is -0.222. The Balaban J connectivity index is 1.23. The predicted molar refractivity (Wildman–Crippen MR) is 155 cm³/mol. The van der Waals surface area contributed by atoms with Crippen molar-refractivity contribution in [3.63, 3.8) is 0 Å². The lowest BCUT2D eigenvalue weighted by Gasteiger charge is -2.65. The van der Waals surface area contributed by atoms with Gasteiger partial charge in [-0.1, -0.05) is 34.1 Å². The summed E-state index contributed by atoms with van der Waals surface area (Å²) in [5.74, 6) is -3.90. The van der Waals surface area contributed by atoms with Crippen molar-refractivity contribution < 1.29 is 35.9 Å².